The quantitative estimate of drug-likeness (QED) is 0.843. The van der Waals surface area contributed by atoms with Gasteiger partial charge < -0.3 is 9.42 Å². The Hall–Kier alpha value is -2.18. The summed E-state index contributed by atoms with van der Waals surface area (Å²) in [5, 5.41) is 8.60. The van der Waals surface area contributed by atoms with E-state index in [-0.39, 0.29) is 11.9 Å². The third-order valence-corrected chi connectivity index (χ3v) is 4.78. The molecule has 2 aromatic heterocycles. The van der Waals surface area contributed by atoms with E-state index in [1.807, 2.05) is 21.8 Å². The van der Waals surface area contributed by atoms with Crippen LogP contribution in [-0.4, -0.2) is 37.3 Å². The summed E-state index contributed by atoms with van der Waals surface area (Å²) in [6, 6.07) is 2.16. The Bertz CT molecular complexity index is 731. The minimum Gasteiger partial charge on any atom is -0.339 e. The van der Waals surface area contributed by atoms with E-state index >= 15 is 0 Å². The Balaban J connectivity index is 1.45. The molecule has 3 heterocycles. The predicted molar refractivity (Wildman–Crippen MR) is 86.3 cm³/mol. The molecule has 0 N–H and O–H groups in total. The Morgan fingerprint density at radius 3 is 2.92 bits per heavy atom. The van der Waals surface area contributed by atoms with Gasteiger partial charge in [0.15, 0.2) is 5.82 Å². The van der Waals surface area contributed by atoms with Crippen LogP contribution in [-0.2, 0) is 11.2 Å². The Morgan fingerprint density at radius 2 is 2.21 bits per heavy atom. The highest BCUT2D eigenvalue weighted by Gasteiger charge is 2.36. The van der Waals surface area contributed by atoms with Crippen molar-refractivity contribution in [2.45, 2.75) is 64.0 Å². The van der Waals surface area contributed by atoms with Gasteiger partial charge in [-0.3, -0.25) is 9.48 Å². The molecule has 0 radical (unpaired) electrons. The zero-order valence-corrected chi connectivity index (χ0v) is 14.2. The van der Waals surface area contributed by atoms with Crippen LogP contribution in [0.15, 0.2) is 16.8 Å². The van der Waals surface area contributed by atoms with Crippen molar-refractivity contribution in [3.05, 3.63) is 29.7 Å². The van der Waals surface area contributed by atoms with E-state index in [2.05, 4.69) is 29.1 Å². The molecule has 2 fully saturated rings. The number of carbonyl (C=O) groups is 1. The Kier molecular flexibility index (Phi) is 3.86. The maximum Gasteiger partial charge on any atom is 0.229 e. The highest BCUT2D eigenvalue weighted by atomic mass is 16.5. The van der Waals surface area contributed by atoms with Crippen molar-refractivity contribution in [1.82, 2.24) is 24.8 Å². The summed E-state index contributed by atoms with van der Waals surface area (Å²) in [4.78, 5) is 19.1. The fourth-order valence-corrected chi connectivity index (χ4v) is 3.23. The van der Waals surface area contributed by atoms with Crippen LogP contribution < -0.4 is 0 Å². The Morgan fingerprint density at radius 1 is 1.38 bits per heavy atom. The molecule has 128 valence electrons. The zero-order valence-electron chi connectivity index (χ0n) is 14.2. The second-order valence-corrected chi connectivity index (χ2v) is 7.07. The van der Waals surface area contributed by atoms with Gasteiger partial charge in [0.1, 0.15) is 0 Å². The maximum atomic E-state index is 12.7. The molecule has 1 amide bonds. The van der Waals surface area contributed by atoms with Gasteiger partial charge in [0.25, 0.3) is 0 Å². The van der Waals surface area contributed by atoms with Crippen LogP contribution in [0.5, 0.6) is 0 Å². The largest absolute Gasteiger partial charge is 0.339 e. The SMILES string of the molecule is CC(C)n1ccc(CC(=O)N2CCCC2c2noc(C3CC3)n2)n1. The molecule has 7 nitrogen and oxygen atoms in total. The molecule has 1 unspecified atom stereocenters. The van der Waals surface area contributed by atoms with Crippen molar-refractivity contribution < 1.29 is 9.32 Å². The van der Waals surface area contributed by atoms with Gasteiger partial charge in [-0.1, -0.05) is 5.16 Å². The van der Waals surface area contributed by atoms with E-state index in [9.17, 15) is 4.79 Å². The third kappa shape index (κ3) is 2.95. The number of aromatic nitrogens is 4. The van der Waals surface area contributed by atoms with Crippen LogP contribution in [0.4, 0.5) is 0 Å². The summed E-state index contributed by atoms with van der Waals surface area (Å²) in [6.07, 6.45) is 6.39. The number of hydrogen-bond acceptors (Lipinski definition) is 5. The topological polar surface area (TPSA) is 77.0 Å². The van der Waals surface area contributed by atoms with Crippen LogP contribution in [0.1, 0.15) is 74.9 Å². The van der Waals surface area contributed by atoms with E-state index in [1.54, 1.807) is 0 Å². The van der Waals surface area contributed by atoms with Crippen LogP contribution in [0.25, 0.3) is 0 Å². The summed E-state index contributed by atoms with van der Waals surface area (Å²) in [5.41, 5.74) is 0.811. The number of hydrogen-bond donors (Lipinski definition) is 0. The van der Waals surface area contributed by atoms with Crippen LogP contribution in [0.3, 0.4) is 0 Å². The number of amides is 1. The van der Waals surface area contributed by atoms with Gasteiger partial charge in [0.05, 0.1) is 18.2 Å². The second-order valence-electron chi connectivity index (χ2n) is 7.07. The van der Waals surface area contributed by atoms with E-state index in [1.165, 1.54) is 0 Å². The summed E-state index contributed by atoms with van der Waals surface area (Å²) < 4.78 is 7.24. The molecule has 4 rings (SSSR count). The zero-order chi connectivity index (χ0) is 16.7. The average molecular weight is 329 g/mol. The second kappa shape index (κ2) is 6.03. The van der Waals surface area contributed by atoms with Crippen molar-refractivity contribution in [3.63, 3.8) is 0 Å². The lowest BCUT2D eigenvalue weighted by Gasteiger charge is -2.21. The maximum absolute atomic E-state index is 12.7. The molecule has 1 aliphatic carbocycles. The van der Waals surface area contributed by atoms with Gasteiger partial charge in [-0.2, -0.15) is 10.1 Å². The lowest BCUT2D eigenvalue weighted by atomic mass is 10.2. The van der Waals surface area contributed by atoms with Crippen molar-refractivity contribution in [3.8, 4) is 0 Å². The number of likely N-dealkylation sites (tertiary alicyclic amines) is 1. The molecule has 0 aromatic carbocycles. The van der Waals surface area contributed by atoms with E-state index < -0.39 is 0 Å². The molecule has 0 spiro atoms. The van der Waals surface area contributed by atoms with Gasteiger partial charge in [-0.25, -0.2) is 0 Å². The number of carbonyl (C=O) groups excluding carboxylic acids is 1. The molecule has 1 aliphatic heterocycles. The van der Waals surface area contributed by atoms with Gasteiger partial charge in [0.2, 0.25) is 11.8 Å². The minimum absolute atomic E-state index is 0.0547. The van der Waals surface area contributed by atoms with Gasteiger partial charge >= 0.3 is 0 Å². The summed E-state index contributed by atoms with van der Waals surface area (Å²) in [6.45, 7) is 4.90. The lowest BCUT2D eigenvalue weighted by Crippen LogP contribution is -2.32. The minimum atomic E-state index is -0.0547. The van der Waals surface area contributed by atoms with Crippen LogP contribution in [0, 0.1) is 0 Å². The molecule has 2 aliphatic rings. The first-order valence-corrected chi connectivity index (χ1v) is 8.79. The first-order valence-electron chi connectivity index (χ1n) is 8.79. The molecular formula is C17H23N5O2. The molecule has 0 bridgehead atoms. The lowest BCUT2D eigenvalue weighted by molar-refractivity contribution is -0.131. The molecule has 1 atom stereocenters. The normalized spacial score (nSPS) is 21.0. The summed E-state index contributed by atoms with van der Waals surface area (Å²) in [5.74, 6) is 1.93. The van der Waals surface area contributed by atoms with E-state index in [4.69, 9.17) is 4.52 Å². The van der Waals surface area contributed by atoms with E-state index in [0.29, 0.717) is 24.2 Å². The predicted octanol–water partition coefficient (Wildman–Crippen LogP) is 2.63. The van der Waals surface area contributed by atoms with Gasteiger partial charge in [-0.05, 0) is 45.6 Å². The molecule has 1 saturated carbocycles. The van der Waals surface area contributed by atoms with E-state index in [0.717, 1.165) is 43.8 Å². The third-order valence-electron chi connectivity index (χ3n) is 4.78. The van der Waals surface area contributed by atoms with Gasteiger partial charge in [0, 0.05) is 24.7 Å². The summed E-state index contributed by atoms with van der Waals surface area (Å²) in [7, 11) is 0. The Labute approximate surface area is 141 Å². The van der Waals surface area contributed by atoms with Crippen molar-refractivity contribution in [1.29, 1.82) is 0 Å². The molecule has 1 saturated heterocycles. The monoisotopic (exact) mass is 329 g/mol. The first kappa shape index (κ1) is 15.4. The molecule has 2 aromatic rings. The van der Waals surface area contributed by atoms with Crippen molar-refractivity contribution in [2.75, 3.05) is 6.54 Å². The summed E-state index contributed by atoms with van der Waals surface area (Å²) >= 11 is 0. The average Bonchev–Trinajstić information content (AvgIpc) is 2.98. The fourth-order valence-electron chi connectivity index (χ4n) is 3.23. The van der Waals surface area contributed by atoms with Crippen LogP contribution in [0.2, 0.25) is 0 Å². The van der Waals surface area contributed by atoms with Crippen LogP contribution >= 0.6 is 0 Å². The molecule has 24 heavy (non-hydrogen) atoms. The van der Waals surface area contributed by atoms with Gasteiger partial charge in [-0.15, -0.1) is 0 Å². The molecular weight excluding hydrogens is 306 g/mol. The standard InChI is InChI=1S/C17H23N5O2/c1-11(2)22-9-7-13(19-22)10-15(23)21-8-3-4-14(21)16-18-17(24-20-16)12-5-6-12/h7,9,11-12,14H,3-6,8,10H2,1-2H3. The highest BCUT2D eigenvalue weighted by molar-refractivity contribution is 5.79. The van der Waals surface area contributed by atoms with Crippen molar-refractivity contribution >= 4 is 5.91 Å². The highest BCUT2D eigenvalue weighted by Crippen LogP contribution is 2.40. The first-order chi connectivity index (χ1) is 11.6. The number of rotatable bonds is 5. The fraction of sp³-hybridized carbons (Fsp3) is 0.647. The van der Waals surface area contributed by atoms with Crippen molar-refractivity contribution in [2.24, 2.45) is 0 Å². The molecule has 7 heteroatoms. The number of nitrogens with zero attached hydrogens (tertiary/aromatic N) is 5. The smallest absolute Gasteiger partial charge is 0.229 e.